The molecule has 2 amide bonds. The Morgan fingerprint density at radius 2 is 1.79 bits per heavy atom. The fourth-order valence-electron chi connectivity index (χ4n) is 2.84. The van der Waals surface area contributed by atoms with E-state index in [1.807, 2.05) is 0 Å². The summed E-state index contributed by atoms with van der Waals surface area (Å²) in [7, 11) is 0. The van der Waals surface area contributed by atoms with E-state index in [0.717, 1.165) is 9.37 Å². The van der Waals surface area contributed by atoms with Crippen LogP contribution in [0.1, 0.15) is 15.9 Å². The van der Waals surface area contributed by atoms with Crippen LogP contribution in [0.4, 0.5) is 4.79 Å². The number of ketones is 1. The van der Waals surface area contributed by atoms with Crippen LogP contribution in [-0.2, 0) is 4.79 Å². The molecule has 0 saturated carbocycles. The van der Waals surface area contributed by atoms with Crippen molar-refractivity contribution >= 4 is 61.7 Å². The van der Waals surface area contributed by atoms with Gasteiger partial charge in [0.1, 0.15) is 11.8 Å². The topological polar surface area (TPSA) is 84.7 Å². The first-order chi connectivity index (χ1) is 13.9. The van der Waals surface area contributed by atoms with Gasteiger partial charge in [-0.1, -0.05) is 40.2 Å². The molecule has 1 fully saturated rings. The van der Waals surface area contributed by atoms with E-state index in [2.05, 4.69) is 15.9 Å². The fraction of sp³-hybridized carbons (Fsp3) is 0.0476. The molecule has 0 N–H and O–H groups in total. The van der Waals surface area contributed by atoms with Crippen LogP contribution in [0.25, 0.3) is 17.0 Å². The Hall–Kier alpha value is -2.97. The average Bonchev–Trinajstić information content (AvgIpc) is 2.98. The van der Waals surface area contributed by atoms with Crippen LogP contribution < -0.4 is 5.43 Å². The quantitative estimate of drug-likeness (QED) is 0.413. The van der Waals surface area contributed by atoms with Gasteiger partial charge in [-0.25, -0.2) is 0 Å². The van der Waals surface area contributed by atoms with Gasteiger partial charge in [0.25, 0.3) is 11.1 Å². The molecule has 2 aromatic carbocycles. The van der Waals surface area contributed by atoms with Crippen LogP contribution in [0.3, 0.4) is 0 Å². The van der Waals surface area contributed by atoms with Crippen molar-refractivity contribution in [1.82, 2.24) is 4.90 Å². The van der Waals surface area contributed by atoms with E-state index < -0.39 is 11.1 Å². The maximum Gasteiger partial charge on any atom is 0.293 e. The molecular formula is C21H12BrNO5S. The van der Waals surface area contributed by atoms with Crippen molar-refractivity contribution in [2.24, 2.45) is 0 Å². The lowest BCUT2D eigenvalue weighted by Crippen LogP contribution is -2.33. The summed E-state index contributed by atoms with van der Waals surface area (Å²) in [6, 6.07) is 13.4. The lowest BCUT2D eigenvalue weighted by atomic mass is 10.1. The van der Waals surface area contributed by atoms with Crippen molar-refractivity contribution in [1.29, 1.82) is 0 Å². The lowest BCUT2D eigenvalue weighted by Gasteiger charge is -2.11. The van der Waals surface area contributed by atoms with Gasteiger partial charge in [-0.2, -0.15) is 0 Å². The molecule has 0 unspecified atom stereocenters. The number of hydrogen-bond acceptors (Lipinski definition) is 6. The zero-order valence-electron chi connectivity index (χ0n) is 14.8. The number of rotatable bonds is 4. The van der Waals surface area contributed by atoms with Crippen molar-refractivity contribution in [2.45, 2.75) is 0 Å². The van der Waals surface area contributed by atoms with Crippen LogP contribution in [0.15, 0.2) is 73.4 Å². The molecular weight excluding hydrogens is 458 g/mol. The predicted molar refractivity (Wildman–Crippen MR) is 114 cm³/mol. The van der Waals surface area contributed by atoms with E-state index in [-0.39, 0.29) is 28.2 Å². The number of imide groups is 1. The van der Waals surface area contributed by atoms with E-state index in [9.17, 15) is 19.2 Å². The molecule has 1 aromatic heterocycles. The zero-order chi connectivity index (χ0) is 20.5. The number of benzene rings is 2. The highest BCUT2D eigenvalue weighted by Crippen LogP contribution is 2.32. The molecule has 0 spiro atoms. The number of carbonyl (C=O) groups excluding carboxylic acids is 3. The van der Waals surface area contributed by atoms with Gasteiger partial charge >= 0.3 is 0 Å². The number of halogens is 1. The fourth-order valence-corrected chi connectivity index (χ4v) is 3.93. The Labute approximate surface area is 177 Å². The third kappa shape index (κ3) is 3.81. The van der Waals surface area contributed by atoms with Crippen molar-refractivity contribution in [3.8, 4) is 0 Å². The molecule has 6 nitrogen and oxygen atoms in total. The predicted octanol–water partition coefficient (Wildman–Crippen LogP) is 4.47. The third-order valence-electron chi connectivity index (χ3n) is 4.33. The normalized spacial score (nSPS) is 15.5. The number of nitrogens with zero attached hydrogens (tertiary/aromatic N) is 1. The molecule has 3 aromatic rings. The van der Waals surface area contributed by atoms with E-state index in [0.29, 0.717) is 28.3 Å². The summed E-state index contributed by atoms with van der Waals surface area (Å²) in [4.78, 5) is 50.9. The van der Waals surface area contributed by atoms with Crippen LogP contribution in [-0.4, -0.2) is 28.4 Å². The van der Waals surface area contributed by atoms with E-state index >= 15 is 0 Å². The van der Waals surface area contributed by atoms with Gasteiger partial charge in [-0.05, 0) is 42.1 Å². The third-order valence-corrected chi connectivity index (χ3v) is 5.77. The number of fused-ring (bicyclic) bond motifs is 1. The van der Waals surface area contributed by atoms with E-state index in [1.165, 1.54) is 12.3 Å². The molecule has 8 heteroatoms. The van der Waals surface area contributed by atoms with Crippen LogP contribution >= 0.6 is 27.7 Å². The summed E-state index contributed by atoms with van der Waals surface area (Å²) in [6.45, 7) is -0.365. The zero-order valence-corrected chi connectivity index (χ0v) is 17.2. The first-order valence-corrected chi connectivity index (χ1v) is 10.1. The summed E-state index contributed by atoms with van der Waals surface area (Å²) in [6.07, 6.45) is 2.58. The molecule has 2 heterocycles. The molecule has 144 valence electrons. The number of carbonyl (C=O) groups is 3. The number of amides is 2. The number of hydrogen-bond donors (Lipinski definition) is 0. The van der Waals surface area contributed by atoms with Crippen LogP contribution in [0.2, 0.25) is 0 Å². The Kier molecular flexibility index (Phi) is 5.21. The molecule has 1 saturated heterocycles. The number of thioether (sulfide) groups is 1. The standard InChI is InChI=1S/C21H12BrNO5S/c22-14-7-5-12(6-8-14)16(24)10-23-20(26)18(29-21(23)27)9-13-11-28-17-4-2-1-3-15(17)19(13)25/h1-9,11H,10H2/b18-9-. The molecule has 29 heavy (non-hydrogen) atoms. The first-order valence-electron chi connectivity index (χ1n) is 8.49. The highest BCUT2D eigenvalue weighted by Gasteiger charge is 2.36. The van der Waals surface area contributed by atoms with Crippen LogP contribution in [0.5, 0.6) is 0 Å². The highest BCUT2D eigenvalue weighted by atomic mass is 79.9. The van der Waals surface area contributed by atoms with Gasteiger partial charge in [-0.3, -0.25) is 24.1 Å². The Balaban J connectivity index is 1.59. The van der Waals surface area contributed by atoms with Crippen molar-refractivity contribution in [3.63, 3.8) is 0 Å². The molecule has 0 aliphatic carbocycles. The Morgan fingerprint density at radius 3 is 2.55 bits per heavy atom. The number of Topliss-reactive ketones (excluding diaryl/α,β-unsaturated/α-hetero) is 1. The lowest BCUT2D eigenvalue weighted by molar-refractivity contribution is -0.122. The number of para-hydroxylation sites is 1. The smallest absolute Gasteiger partial charge is 0.293 e. The van der Waals surface area contributed by atoms with Gasteiger partial charge in [0.2, 0.25) is 0 Å². The highest BCUT2D eigenvalue weighted by molar-refractivity contribution is 9.10. The summed E-state index contributed by atoms with van der Waals surface area (Å²) in [5.74, 6) is -0.968. The Morgan fingerprint density at radius 1 is 1.07 bits per heavy atom. The molecule has 4 rings (SSSR count). The van der Waals surface area contributed by atoms with Crippen molar-refractivity contribution in [3.05, 3.63) is 85.5 Å². The van der Waals surface area contributed by atoms with Gasteiger partial charge in [0.15, 0.2) is 11.2 Å². The SMILES string of the molecule is O=C(CN1C(=O)S/C(=C\c2coc3ccccc3c2=O)C1=O)c1ccc(Br)cc1. The van der Waals surface area contributed by atoms with Gasteiger partial charge in [0.05, 0.1) is 22.4 Å². The van der Waals surface area contributed by atoms with Gasteiger partial charge in [0, 0.05) is 10.0 Å². The van der Waals surface area contributed by atoms with Crippen molar-refractivity contribution in [2.75, 3.05) is 6.54 Å². The van der Waals surface area contributed by atoms with Gasteiger partial charge < -0.3 is 4.42 Å². The van der Waals surface area contributed by atoms with Gasteiger partial charge in [-0.15, -0.1) is 0 Å². The molecule has 0 radical (unpaired) electrons. The second-order valence-electron chi connectivity index (χ2n) is 6.21. The summed E-state index contributed by atoms with van der Waals surface area (Å²) in [5, 5.41) is -0.178. The minimum absolute atomic E-state index is 0.0705. The molecule has 1 aliphatic rings. The first kappa shape index (κ1) is 19.4. The average molecular weight is 470 g/mol. The van der Waals surface area contributed by atoms with Crippen LogP contribution in [0, 0.1) is 0 Å². The maximum absolute atomic E-state index is 12.6. The monoisotopic (exact) mass is 469 g/mol. The summed E-state index contributed by atoms with van der Waals surface area (Å²) < 4.78 is 6.25. The Bertz CT molecular complexity index is 1250. The van der Waals surface area contributed by atoms with Crippen molar-refractivity contribution < 1.29 is 18.8 Å². The minimum Gasteiger partial charge on any atom is -0.463 e. The largest absolute Gasteiger partial charge is 0.463 e. The minimum atomic E-state index is -0.613. The summed E-state index contributed by atoms with van der Waals surface area (Å²) >= 11 is 3.98. The van der Waals surface area contributed by atoms with E-state index in [1.54, 1.807) is 48.5 Å². The molecule has 1 aliphatic heterocycles. The second-order valence-corrected chi connectivity index (χ2v) is 8.12. The molecule has 0 atom stereocenters. The summed E-state index contributed by atoms with van der Waals surface area (Å²) in [5.41, 5.74) is 0.687. The second kappa shape index (κ2) is 7.81. The molecule has 0 bridgehead atoms. The maximum atomic E-state index is 12.6. The van der Waals surface area contributed by atoms with E-state index in [4.69, 9.17) is 4.42 Å².